The van der Waals surface area contributed by atoms with Gasteiger partial charge in [0.2, 0.25) is 11.5 Å². The van der Waals surface area contributed by atoms with Gasteiger partial charge in [0.25, 0.3) is 0 Å². The summed E-state index contributed by atoms with van der Waals surface area (Å²) in [6, 6.07) is 1.80. The highest BCUT2D eigenvalue weighted by Crippen LogP contribution is 2.72. The van der Waals surface area contributed by atoms with Gasteiger partial charge in [0.15, 0.2) is 40.9 Å². The topological polar surface area (TPSA) is 228 Å². The van der Waals surface area contributed by atoms with Gasteiger partial charge in [-0.3, -0.25) is 24.8 Å². The van der Waals surface area contributed by atoms with Crippen LogP contribution in [0, 0.1) is 22.7 Å². The Balaban J connectivity index is 1.17. The van der Waals surface area contributed by atoms with E-state index in [1.54, 1.807) is 27.7 Å². The molecule has 53 heavy (non-hydrogen) atoms. The molecule has 1 aromatic rings. The second-order valence-corrected chi connectivity index (χ2v) is 15.2. The number of aliphatic hydroxyl groups excluding tert-OH is 1. The van der Waals surface area contributed by atoms with Crippen molar-refractivity contribution in [3.05, 3.63) is 41.5 Å². The standard InChI is InChI=1S/C36H44FNO15/c1-32(2)52-28-16-23-22-8-7-20-15-21(39)9-10-33(20,3)35(22,37)26(41)17-34(23,4)36(28,53-32)27(42)18-49-31(45)51-25-14-19(13-24(40)29(25)43)30(44)48-11-5-6-12-50-38(46)47/h9-10,13-15,22-23,26,28,40-41,43,46-47H,5-8,11-12,16-18H2,1-4H3/t22?,23?,26-,28+,33-,34-,35-,36+/m0/s1. The van der Waals surface area contributed by atoms with E-state index >= 15 is 4.39 Å². The summed E-state index contributed by atoms with van der Waals surface area (Å²) in [6.45, 7) is 5.59. The average Bonchev–Trinajstić information content (AvgIpc) is 3.49. The molecular weight excluding hydrogens is 705 g/mol. The first-order valence-corrected chi connectivity index (χ1v) is 17.4. The third kappa shape index (κ3) is 6.31. The maximum atomic E-state index is 17.7. The molecule has 5 aliphatic rings. The van der Waals surface area contributed by atoms with E-state index in [-0.39, 0.29) is 50.2 Å². The van der Waals surface area contributed by atoms with Gasteiger partial charge in [-0.05, 0) is 89.5 Å². The van der Waals surface area contributed by atoms with E-state index < -0.39 is 99.1 Å². The Labute approximate surface area is 303 Å². The number of allylic oxidation sites excluding steroid dienone is 4. The van der Waals surface area contributed by atoms with Crippen molar-refractivity contribution in [3.63, 3.8) is 0 Å². The summed E-state index contributed by atoms with van der Waals surface area (Å²) in [5.74, 6) is -6.83. The number of aromatic hydroxyl groups is 2. The number of hydrogen-bond donors (Lipinski definition) is 5. The minimum Gasteiger partial charge on any atom is -0.504 e. The van der Waals surface area contributed by atoms with Crippen LogP contribution < -0.4 is 4.74 Å². The summed E-state index contributed by atoms with van der Waals surface area (Å²) in [5, 5.41) is 48.9. The van der Waals surface area contributed by atoms with Crippen molar-refractivity contribution >= 4 is 23.7 Å². The van der Waals surface area contributed by atoms with Crippen molar-refractivity contribution in [2.24, 2.45) is 22.7 Å². The number of alkyl halides is 1. The third-order valence-electron chi connectivity index (χ3n) is 11.8. The first-order chi connectivity index (χ1) is 24.8. The van der Waals surface area contributed by atoms with Crippen LogP contribution in [-0.2, 0) is 33.4 Å². The van der Waals surface area contributed by atoms with E-state index in [4.69, 9.17) is 34.1 Å². The number of Topliss-reactive ketones (excluding diaryl/α,β-unsaturated/α-hetero) is 1. The molecule has 6 rings (SSSR count). The van der Waals surface area contributed by atoms with Gasteiger partial charge >= 0.3 is 12.1 Å². The Morgan fingerprint density at radius 1 is 1.04 bits per heavy atom. The predicted molar refractivity (Wildman–Crippen MR) is 174 cm³/mol. The number of halogens is 1. The molecule has 5 N–H and O–H groups in total. The molecule has 17 heteroatoms. The number of esters is 1. The molecule has 290 valence electrons. The minimum absolute atomic E-state index is 0.0770. The zero-order chi connectivity index (χ0) is 38.7. The number of fused-ring (bicyclic) bond motifs is 7. The number of ketones is 2. The molecule has 8 atom stereocenters. The van der Waals surface area contributed by atoms with Crippen LogP contribution >= 0.6 is 0 Å². The van der Waals surface area contributed by atoms with Crippen LogP contribution in [0.4, 0.5) is 9.18 Å². The van der Waals surface area contributed by atoms with Gasteiger partial charge in [0.1, 0.15) is 0 Å². The monoisotopic (exact) mass is 749 g/mol. The second kappa shape index (κ2) is 13.7. The quantitative estimate of drug-likeness (QED) is 0.0708. The summed E-state index contributed by atoms with van der Waals surface area (Å²) in [4.78, 5) is 56.4. The van der Waals surface area contributed by atoms with Gasteiger partial charge < -0.3 is 39.0 Å². The zero-order valence-electron chi connectivity index (χ0n) is 29.7. The maximum Gasteiger partial charge on any atom is 0.514 e. The largest absolute Gasteiger partial charge is 0.514 e. The molecule has 3 saturated carbocycles. The Kier molecular flexibility index (Phi) is 10.0. The number of aliphatic hydroxyl groups is 1. The highest BCUT2D eigenvalue weighted by atomic mass is 19.1. The lowest BCUT2D eigenvalue weighted by atomic mass is 9.44. The number of phenolic OH excluding ortho intramolecular Hbond substituents is 2. The van der Waals surface area contributed by atoms with Crippen LogP contribution in [0.2, 0.25) is 0 Å². The van der Waals surface area contributed by atoms with Gasteiger partial charge in [-0.2, -0.15) is 0 Å². The molecule has 0 amide bonds. The molecule has 16 nitrogen and oxygen atoms in total. The number of ether oxygens (including phenoxy) is 5. The van der Waals surface area contributed by atoms with Crippen LogP contribution in [0.5, 0.6) is 17.2 Å². The molecule has 1 saturated heterocycles. The Morgan fingerprint density at radius 3 is 2.47 bits per heavy atom. The molecule has 1 heterocycles. The third-order valence-corrected chi connectivity index (χ3v) is 11.8. The summed E-state index contributed by atoms with van der Waals surface area (Å²) < 4.78 is 45.7. The van der Waals surface area contributed by atoms with Crippen LogP contribution in [0.25, 0.3) is 0 Å². The fraction of sp³-hybridized carbons (Fsp3) is 0.611. The van der Waals surface area contributed by atoms with E-state index in [9.17, 15) is 34.5 Å². The predicted octanol–water partition coefficient (Wildman–Crippen LogP) is 4.00. The van der Waals surface area contributed by atoms with Crippen molar-refractivity contribution in [2.45, 2.75) is 95.5 Å². The Hall–Kier alpha value is -3.97. The molecule has 1 aromatic carbocycles. The van der Waals surface area contributed by atoms with Gasteiger partial charge in [-0.25, -0.2) is 14.0 Å². The van der Waals surface area contributed by atoms with Crippen molar-refractivity contribution in [1.82, 2.24) is 5.39 Å². The number of benzene rings is 1. The summed E-state index contributed by atoms with van der Waals surface area (Å²) >= 11 is 0. The first kappa shape index (κ1) is 38.7. The Morgan fingerprint density at radius 2 is 1.75 bits per heavy atom. The molecule has 0 radical (unpaired) electrons. The SMILES string of the molecule is CC1(C)O[C@@H]2CC3C4CCC5=CC(=O)C=C[C@]5(C)[C@@]4(F)[C@@H](O)C[C@]3(C)[C@]2(C(=O)COC(=O)Oc2cc(C(=O)OCCCCON(O)O)cc(O)c2O)O1. The van der Waals surface area contributed by atoms with Crippen molar-refractivity contribution in [2.75, 3.05) is 19.8 Å². The van der Waals surface area contributed by atoms with Crippen LogP contribution in [0.1, 0.15) is 76.6 Å². The smallest absolute Gasteiger partial charge is 0.504 e. The van der Waals surface area contributed by atoms with E-state index in [1.165, 1.54) is 18.2 Å². The fourth-order valence-electron chi connectivity index (χ4n) is 9.55. The minimum atomic E-state index is -2.16. The summed E-state index contributed by atoms with van der Waals surface area (Å²) in [7, 11) is 0. The zero-order valence-corrected chi connectivity index (χ0v) is 29.7. The van der Waals surface area contributed by atoms with Gasteiger partial charge in [-0.1, -0.05) is 18.6 Å². The van der Waals surface area contributed by atoms with Gasteiger partial charge in [0.05, 0.1) is 36.4 Å². The number of rotatable bonds is 11. The number of unbranched alkanes of at least 4 members (excludes halogenated alkanes) is 1. The molecular formula is C36H44FNO15. The molecule has 4 aliphatic carbocycles. The Bertz CT molecular complexity index is 1740. The second-order valence-electron chi connectivity index (χ2n) is 15.2. The van der Waals surface area contributed by atoms with E-state index in [0.29, 0.717) is 18.4 Å². The number of hydrogen-bond acceptors (Lipinski definition) is 16. The normalized spacial score (nSPS) is 35.1. The first-order valence-electron chi connectivity index (χ1n) is 17.4. The van der Waals surface area contributed by atoms with E-state index in [2.05, 4.69) is 4.84 Å². The summed E-state index contributed by atoms with van der Waals surface area (Å²) in [6.07, 6.45) is 1.67. The number of carbonyl (C=O) groups excluding carboxylic acids is 4. The highest BCUT2D eigenvalue weighted by molar-refractivity contribution is 6.01. The number of nitrogens with zero attached hydrogens (tertiary/aromatic N) is 1. The molecule has 0 spiro atoms. The average molecular weight is 750 g/mol. The highest BCUT2D eigenvalue weighted by Gasteiger charge is 2.80. The molecule has 4 fully saturated rings. The van der Waals surface area contributed by atoms with Crippen molar-refractivity contribution < 1.29 is 77.8 Å². The lowest BCUT2D eigenvalue weighted by Gasteiger charge is -2.62. The molecule has 1 aliphatic heterocycles. The van der Waals surface area contributed by atoms with Gasteiger partial charge in [-0.15, -0.1) is 0 Å². The lowest BCUT2D eigenvalue weighted by molar-refractivity contribution is -0.492. The van der Waals surface area contributed by atoms with Crippen molar-refractivity contribution in [3.8, 4) is 17.2 Å². The summed E-state index contributed by atoms with van der Waals surface area (Å²) in [5.41, 5.74) is -6.06. The maximum absolute atomic E-state index is 17.7. The molecule has 0 bridgehead atoms. The van der Waals surface area contributed by atoms with E-state index in [0.717, 1.165) is 12.1 Å². The number of carbonyl (C=O) groups is 4. The lowest BCUT2D eigenvalue weighted by Crippen LogP contribution is -2.70. The van der Waals surface area contributed by atoms with Crippen LogP contribution in [-0.4, -0.2) is 104 Å². The van der Waals surface area contributed by atoms with Crippen LogP contribution in [0.3, 0.4) is 0 Å². The fourth-order valence-corrected chi connectivity index (χ4v) is 9.55. The number of phenols is 2. The molecule has 2 unspecified atom stereocenters. The van der Waals surface area contributed by atoms with Crippen LogP contribution in [0.15, 0.2) is 35.9 Å². The van der Waals surface area contributed by atoms with Crippen molar-refractivity contribution in [1.29, 1.82) is 0 Å². The van der Waals surface area contributed by atoms with E-state index in [1.807, 2.05) is 0 Å². The van der Waals surface area contributed by atoms with Gasteiger partial charge in [0, 0.05) is 16.7 Å². The molecule has 0 aromatic heterocycles.